The first-order valence-corrected chi connectivity index (χ1v) is 8.18. The summed E-state index contributed by atoms with van der Waals surface area (Å²) in [6.45, 7) is 0.826. The van der Waals surface area contributed by atoms with E-state index in [-0.39, 0.29) is 10.0 Å². The van der Waals surface area contributed by atoms with Crippen LogP contribution in [0.4, 0.5) is 0 Å². The van der Waals surface area contributed by atoms with Gasteiger partial charge in [-0.05, 0) is 36.7 Å². The summed E-state index contributed by atoms with van der Waals surface area (Å²) in [4.78, 5) is 0. The maximum atomic E-state index is 5.38. The highest BCUT2D eigenvalue weighted by atomic mass is 32.3. The van der Waals surface area contributed by atoms with Gasteiger partial charge in [-0.25, -0.2) is 10.0 Å². The first-order chi connectivity index (χ1) is 5.06. The number of thioether (sulfide) groups is 1. The van der Waals surface area contributed by atoms with E-state index >= 15 is 0 Å². The van der Waals surface area contributed by atoms with Crippen LogP contribution in [0.1, 0.15) is 6.42 Å². The van der Waals surface area contributed by atoms with E-state index in [2.05, 4.69) is 18.8 Å². The molecule has 0 atom stereocenters. The first-order valence-electron chi connectivity index (χ1n) is 4.00. The minimum Gasteiger partial charge on any atom is -0.330 e. The van der Waals surface area contributed by atoms with Crippen molar-refractivity contribution in [3.05, 3.63) is 0 Å². The molecule has 0 aliphatic rings. The lowest BCUT2D eigenvalue weighted by Crippen LogP contribution is -2.03. The van der Waals surface area contributed by atoms with Crippen LogP contribution in [0, 0.1) is 0 Å². The predicted octanol–water partition coefficient (Wildman–Crippen LogP) is 1.76. The Balaban J connectivity index is 3.02. The molecule has 11 heavy (non-hydrogen) atoms. The van der Waals surface area contributed by atoms with Gasteiger partial charge in [0, 0.05) is 12.3 Å². The molecule has 0 amide bonds. The van der Waals surface area contributed by atoms with Gasteiger partial charge in [-0.15, -0.1) is 0 Å². The molecule has 0 rings (SSSR count). The van der Waals surface area contributed by atoms with E-state index in [0.717, 1.165) is 12.3 Å². The second-order valence-electron chi connectivity index (χ2n) is 3.55. The summed E-state index contributed by atoms with van der Waals surface area (Å²) >= 11 is 1.98. The molecule has 0 fully saturated rings. The molecular weight excluding hydrogens is 174 g/mol. The van der Waals surface area contributed by atoms with Gasteiger partial charge in [0.2, 0.25) is 0 Å². The lowest BCUT2D eigenvalue weighted by molar-refractivity contribution is 1.10. The van der Waals surface area contributed by atoms with Crippen molar-refractivity contribution in [1.82, 2.24) is 0 Å². The predicted molar refractivity (Wildman–Crippen MR) is 61.2 cm³/mol. The highest BCUT2D eigenvalue weighted by Gasteiger charge is 2.02. The van der Waals surface area contributed by atoms with E-state index < -0.39 is 0 Å². The average Bonchev–Trinajstić information content (AvgIpc) is 1.85. The molecule has 0 radical (unpaired) electrons. The molecule has 0 heterocycles. The Kier molecular flexibility index (Phi) is 6.58. The van der Waals surface area contributed by atoms with E-state index in [4.69, 9.17) is 5.73 Å². The summed E-state index contributed by atoms with van der Waals surface area (Å²) in [6.07, 6.45) is 8.49. The minimum atomic E-state index is -0.256. The van der Waals surface area contributed by atoms with Crippen LogP contribution in [0.5, 0.6) is 0 Å². The Morgan fingerprint density at radius 1 is 1.18 bits per heavy atom. The van der Waals surface area contributed by atoms with E-state index in [1.807, 2.05) is 11.8 Å². The molecule has 0 unspecified atom stereocenters. The molecule has 0 aromatic rings. The van der Waals surface area contributed by atoms with E-state index in [1.54, 1.807) is 0 Å². The lowest BCUT2D eigenvalue weighted by atomic mass is 10.6. The molecule has 0 bridgehead atoms. The molecule has 2 N–H and O–H groups in total. The second-order valence-corrected chi connectivity index (χ2v) is 9.36. The third-order valence-electron chi connectivity index (χ3n) is 1.31. The van der Waals surface area contributed by atoms with Crippen LogP contribution in [0.25, 0.3) is 0 Å². The molecule has 3 heteroatoms. The zero-order chi connectivity index (χ0) is 8.74. The number of hydrogen-bond donors (Lipinski definition) is 1. The molecule has 0 aromatic carbocycles. The fourth-order valence-electron chi connectivity index (χ4n) is 0.779. The van der Waals surface area contributed by atoms with Gasteiger partial charge in [0.25, 0.3) is 0 Å². The minimum absolute atomic E-state index is 0.256. The van der Waals surface area contributed by atoms with E-state index in [1.165, 1.54) is 17.9 Å². The molecule has 0 spiro atoms. The second kappa shape index (κ2) is 6.21. The third kappa shape index (κ3) is 10.7. The summed E-state index contributed by atoms with van der Waals surface area (Å²) in [6, 6.07) is 0. The van der Waals surface area contributed by atoms with E-state index in [0.29, 0.717) is 0 Å². The van der Waals surface area contributed by atoms with Crippen LogP contribution >= 0.6 is 21.8 Å². The van der Waals surface area contributed by atoms with Crippen LogP contribution in [-0.4, -0.2) is 42.6 Å². The van der Waals surface area contributed by atoms with Crippen molar-refractivity contribution in [1.29, 1.82) is 0 Å². The largest absolute Gasteiger partial charge is 0.330 e. The van der Waals surface area contributed by atoms with Gasteiger partial charge < -0.3 is 5.73 Å². The quantitative estimate of drug-likeness (QED) is 0.654. The maximum Gasteiger partial charge on any atom is 0.00558 e. The van der Waals surface area contributed by atoms with Gasteiger partial charge in [-0.2, -0.15) is 11.8 Å². The van der Waals surface area contributed by atoms with Crippen molar-refractivity contribution in [3.63, 3.8) is 0 Å². The average molecular weight is 195 g/mol. The summed E-state index contributed by atoms with van der Waals surface area (Å²) in [7, 11) is -0.256. The SMILES string of the molecule is CS(C)(C)CCCSCCN. The van der Waals surface area contributed by atoms with Crippen molar-refractivity contribution < 1.29 is 0 Å². The van der Waals surface area contributed by atoms with Crippen molar-refractivity contribution >= 4 is 21.8 Å². The summed E-state index contributed by atoms with van der Waals surface area (Å²) in [5.74, 6) is 3.82. The molecular formula is C8H21NS2. The highest BCUT2D eigenvalue weighted by molar-refractivity contribution is 8.32. The number of hydrogen-bond acceptors (Lipinski definition) is 2. The zero-order valence-electron chi connectivity index (χ0n) is 7.93. The highest BCUT2D eigenvalue weighted by Crippen LogP contribution is 2.35. The Bertz CT molecular complexity index is 88.6. The standard InChI is InChI=1S/C8H21NS2/c1-11(2,3)8-4-6-10-7-5-9/h4-9H2,1-3H3. The zero-order valence-corrected chi connectivity index (χ0v) is 9.56. The summed E-state index contributed by atoms with van der Waals surface area (Å²) in [5, 5.41) is 0. The van der Waals surface area contributed by atoms with Crippen LogP contribution in [0.3, 0.4) is 0 Å². The molecule has 0 aliphatic carbocycles. The Morgan fingerprint density at radius 3 is 2.27 bits per heavy atom. The van der Waals surface area contributed by atoms with Gasteiger partial charge in [-0.3, -0.25) is 0 Å². The Labute approximate surface area is 76.8 Å². The maximum absolute atomic E-state index is 5.38. The van der Waals surface area contributed by atoms with Crippen LogP contribution in [-0.2, 0) is 0 Å². The normalized spacial score (nSPS) is 13.5. The topological polar surface area (TPSA) is 26.0 Å². The lowest BCUT2D eigenvalue weighted by Gasteiger charge is -2.24. The fraction of sp³-hybridized carbons (Fsp3) is 1.00. The van der Waals surface area contributed by atoms with Crippen LogP contribution in [0.2, 0.25) is 0 Å². The third-order valence-corrected chi connectivity index (χ3v) is 3.92. The molecule has 0 saturated carbocycles. The Hall–Kier alpha value is 0.660. The Morgan fingerprint density at radius 2 is 1.82 bits per heavy atom. The monoisotopic (exact) mass is 195 g/mol. The molecule has 0 saturated heterocycles. The molecule has 0 aliphatic heterocycles. The van der Waals surface area contributed by atoms with Crippen molar-refractivity contribution in [2.75, 3.05) is 42.6 Å². The van der Waals surface area contributed by atoms with Crippen LogP contribution in [0.15, 0.2) is 0 Å². The van der Waals surface area contributed by atoms with Crippen molar-refractivity contribution in [2.24, 2.45) is 5.73 Å². The summed E-state index contributed by atoms with van der Waals surface area (Å²) < 4.78 is 0. The van der Waals surface area contributed by atoms with E-state index in [9.17, 15) is 0 Å². The first kappa shape index (κ1) is 11.7. The van der Waals surface area contributed by atoms with Crippen LogP contribution < -0.4 is 5.73 Å². The fourth-order valence-corrected chi connectivity index (χ4v) is 2.69. The van der Waals surface area contributed by atoms with Gasteiger partial charge in [0.1, 0.15) is 0 Å². The van der Waals surface area contributed by atoms with Crippen molar-refractivity contribution in [3.8, 4) is 0 Å². The summed E-state index contributed by atoms with van der Waals surface area (Å²) in [5.41, 5.74) is 5.38. The number of nitrogens with two attached hydrogens (primary N) is 1. The molecule has 1 nitrogen and oxygen atoms in total. The van der Waals surface area contributed by atoms with Gasteiger partial charge in [0.05, 0.1) is 0 Å². The van der Waals surface area contributed by atoms with Gasteiger partial charge in [0.15, 0.2) is 0 Å². The van der Waals surface area contributed by atoms with Crippen molar-refractivity contribution in [2.45, 2.75) is 6.42 Å². The number of rotatable bonds is 6. The van der Waals surface area contributed by atoms with Gasteiger partial charge in [-0.1, -0.05) is 0 Å². The smallest absolute Gasteiger partial charge is 0.00558 e. The molecule has 70 valence electrons. The van der Waals surface area contributed by atoms with Gasteiger partial charge >= 0.3 is 0 Å². The molecule has 0 aromatic heterocycles.